The highest BCUT2D eigenvalue weighted by atomic mass is 16.6. The number of hydrogen-bond acceptors (Lipinski definition) is 6. The Morgan fingerprint density at radius 1 is 1.03 bits per heavy atom. The van der Waals surface area contributed by atoms with Gasteiger partial charge in [-0.1, -0.05) is 0 Å². The first-order valence-corrected chi connectivity index (χ1v) is 9.93. The molecule has 9 heteroatoms. The number of nitro groups is 1. The third kappa shape index (κ3) is 4.20. The van der Waals surface area contributed by atoms with Gasteiger partial charge in [0.1, 0.15) is 11.4 Å². The van der Waals surface area contributed by atoms with E-state index in [1.807, 2.05) is 35.2 Å². The molecule has 31 heavy (non-hydrogen) atoms. The van der Waals surface area contributed by atoms with Crippen LogP contribution in [0.1, 0.15) is 10.5 Å². The van der Waals surface area contributed by atoms with Gasteiger partial charge in [0.05, 0.1) is 17.7 Å². The Bertz CT molecular complexity index is 1080. The van der Waals surface area contributed by atoms with Crippen LogP contribution in [0.2, 0.25) is 0 Å². The quantitative estimate of drug-likeness (QED) is 0.464. The zero-order valence-corrected chi connectivity index (χ0v) is 17.4. The van der Waals surface area contributed by atoms with E-state index < -0.39 is 4.92 Å². The Morgan fingerprint density at radius 3 is 2.26 bits per heavy atom. The number of hydrogen-bond donors (Lipinski definition) is 0. The maximum absolute atomic E-state index is 13.1. The maximum Gasteiger partial charge on any atom is 0.272 e. The third-order valence-corrected chi connectivity index (χ3v) is 5.48. The number of ether oxygens (including phenoxy) is 1. The van der Waals surface area contributed by atoms with Crippen molar-refractivity contribution in [3.8, 4) is 17.0 Å². The van der Waals surface area contributed by atoms with Crippen LogP contribution in [0.15, 0.2) is 54.6 Å². The topological polar surface area (TPSA) is 93.7 Å². The number of carbonyl (C=O) groups excluding carboxylic acids is 1. The summed E-state index contributed by atoms with van der Waals surface area (Å²) >= 11 is 0. The van der Waals surface area contributed by atoms with Crippen molar-refractivity contribution in [1.29, 1.82) is 0 Å². The highest BCUT2D eigenvalue weighted by molar-refractivity contribution is 5.94. The molecule has 0 saturated carbocycles. The number of methoxy groups -OCH3 is 1. The third-order valence-electron chi connectivity index (χ3n) is 5.48. The molecule has 0 aliphatic carbocycles. The Balaban J connectivity index is 1.42. The second kappa shape index (κ2) is 8.47. The van der Waals surface area contributed by atoms with E-state index in [9.17, 15) is 14.9 Å². The van der Waals surface area contributed by atoms with Crippen LogP contribution in [0.5, 0.6) is 5.75 Å². The molecule has 2 heterocycles. The van der Waals surface area contributed by atoms with Crippen molar-refractivity contribution in [2.75, 3.05) is 38.2 Å². The normalized spacial score (nSPS) is 13.9. The summed E-state index contributed by atoms with van der Waals surface area (Å²) in [5.41, 5.74) is 3.17. The molecule has 3 aromatic rings. The summed E-state index contributed by atoms with van der Waals surface area (Å²) in [6, 6.07) is 15.9. The lowest BCUT2D eigenvalue weighted by Crippen LogP contribution is -2.49. The molecule has 0 spiro atoms. The van der Waals surface area contributed by atoms with E-state index >= 15 is 0 Å². The number of piperazine rings is 1. The number of nitrogens with zero attached hydrogens (tertiary/aromatic N) is 5. The van der Waals surface area contributed by atoms with Gasteiger partial charge in [-0.05, 0) is 42.5 Å². The van der Waals surface area contributed by atoms with Gasteiger partial charge in [-0.15, -0.1) is 0 Å². The molecule has 4 rings (SSSR count). The Morgan fingerprint density at radius 2 is 1.68 bits per heavy atom. The predicted octanol–water partition coefficient (Wildman–Crippen LogP) is 2.97. The van der Waals surface area contributed by atoms with E-state index in [1.165, 1.54) is 12.1 Å². The summed E-state index contributed by atoms with van der Waals surface area (Å²) in [4.78, 5) is 27.4. The number of nitro benzene ring substituents is 1. The molecule has 1 aliphatic heterocycles. The molecule has 1 fully saturated rings. The van der Waals surface area contributed by atoms with Crippen LogP contribution in [0.25, 0.3) is 11.3 Å². The monoisotopic (exact) mass is 421 g/mol. The van der Waals surface area contributed by atoms with Crippen molar-refractivity contribution in [3.63, 3.8) is 0 Å². The highest BCUT2D eigenvalue weighted by Crippen LogP contribution is 2.24. The lowest BCUT2D eigenvalue weighted by Gasteiger charge is -2.36. The number of benzene rings is 2. The van der Waals surface area contributed by atoms with Crippen LogP contribution in [0.4, 0.5) is 11.4 Å². The highest BCUT2D eigenvalue weighted by Gasteiger charge is 2.25. The van der Waals surface area contributed by atoms with Gasteiger partial charge in [0.15, 0.2) is 0 Å². The number of aromatic nitrogens is 2. The number of aryl methyl sites for hydroxylation is 1. The van der Waals surface area contributed by atoms with E-state index in [4.69, 9.17) is 4.74 Å². The molecule has 0 bridgehead atoms. The number of anilines is 1. The van der Waals surface area contributed by atoms with Crippen LogP contribution >= 0.6 is 0 Å². The van der Waals surface area contributed by atoms with Gasteiger partial charge < -0.3 is 14.5 Å². The fourth-order valence-electron chi connectivity index (χ4n) is 3.69. The SMILES string of the molecule is COc1ccc(-c2cc(C(=O)N3CCN(c4ccc([N+](=O)[O-])cc4)CC3)n(C)n2)cc1. The van der Waals surface area contributed by atoms with Gasteiger partial charge in [0.2, 0.25) is 0 Å². The van der Waals surface area contributed by atoms with Crippen molar-refractivity contribution in [3.05, 3.63) is 70.4 Å². The van der Waals surface area contributed by atoms with Crippen LogP contribution < -0.4 is 9.64 Å². The second-order valence-electron chi connectivity index (χ2n) is 7.32. The molecule has 0 N–H and O–H groups in total. The first-order chi connectivity index (χ1) is 15.0. The molecule has 0 atom stereocenters. The standard InChI is InChI=1S/C22H23N5O4/c1-24-21(15-20(23-24)16-3-9-19(31-2)10-4-16)22(28)26-13-11-25(12-14-26)17-5-7-18(8-6-17)27(29)30/h3-10,15H,11-14H2,1-2H3. The Hall–Kier alpha value is -3.88. The van der Waals surface area contributed by atoms with E-state index in [1.54, 1.807) is 31.0 Å². The smallest absolute Gasteiger partial charge is 0.272 e. The van der Waals surface area contributed by atoms with E-state index in [0.717, 1.165) is 22.7 Å². The Kier molecular flexibility index (Phi) is 5.57. The molecule has 160 valence electrons. The van der Waals surface area contributed by atoms with Gasteiger partial charge >= 0.3 is 0 Å². The molecule has 1 saturated heterocycles. The minimum atomic E-state index is -0.408. The first-order valence-electron chi connectivity index (χ1n) is 9.93. The first kappa shape index (κ1) is 20.4. The average molecular weight is 421 g/mol. The second-order valence-corrected chi connectivity index (χ2v) is 7.32. The number of rotatable bonds is 5. The molecule has 0 unspecified atom stereocenters. The van der Waals surface area contributed by atoms with Crippen LogP contribution in [0.3, 0.4) is 0 Å². The van der Waals surface area contributed by atoms with Crippen LogP contribution in [0, 0.1) is 10.1 Å². The fourth-order valence-corrected chi connectivity index (χ4v) is 3.69. The minimum absolute atomic E-state index is 0.0573. The molecular formula is C22H23N5O4. The van der Waals surface area contributed by atoms with Crippen molar-refractivity contribution < 1.29 is 14.5 Å². The fraction of sp³-hybridized carbons (Fsp3) is 0.273. The molecule has 0 radical (unpaired) electrons. The van der Waals surface area contributed by atoms with Crippen LogP contribution in [-0.2, 0) is 7.05 Å². The summed E-state index contributed by atoms with van der Waals surface area (Å²) in [6.07, 6.45) is 0. The summed E-state index contributed by atoms with van der Waals surface area (Å²) in [7, 11) is 3.39. The van der Waals surface area contributed by atoms with Gasteiger partial charge in [0, 0.05) is 56.6 Å². The van der Waals surface area contributed by atoms with Gasteiger partial charge in [-0.2, -0.15) is 5.10 Å². The van der Waals surface area contributed by atoms with Crippen molar-refractivity contribution >= 4 is 17.3 Å². The van der Waals surface area contributed by atoms with Crippen molar-refractivity contribution in [2.24, 2.45) is 7.05 Å². The number of amides is 1. The molecule has 1 amide bonds. The lowest BCUT2D eigenvalue weighted by atomic mass is 10.1. The van der Waals surface area contributed by atoms with Crippen LogP contribution in [-0.4, -0.2) is 58.8 Å². The number of carbonyl (C=O) groups is 1. The van der Waals surface area contributed by atoms with Gasteiger partial charge in [0.25, 0.3) is 11.6 Å². The van der Waals surface area contributed by atoms with E-state index in [0.29, 0.717) is 31.9 Å². The van der Waals surface area contributed by atoms with Crippen molar-refractivity contribution in [2.45, 2.75) is 0 Å². The molecule has 2 aromatic carbocycles. The van der Waals surface area contributed by atoms with Gasteiger partial charge in [-0.3, -0.25) is 19.6 Å². The van der Waals surface area contributed by atoms with Crippen molar-refractivity contribution in [1.82, 2.24) is 14.7 Å². The average Bonchev–Trinajstić information content (AvgIpc) is 3.20. The molecule has 1 aliphatic rings. The van der Waals surface area contributed by atoms with Gasteiger partial charge in [-0.25, -0.2) is 0 Å². The zero-order valence-electron chi connectivity index (χ0n) is 17.4. The molecule has 9 nitrogen and oxygen atoms in total. The van der Waals surface area contributed by atoms with E-state index in [-0.39, 0.29) is 11.6 Å². The summed E-state index contributed by atoms with van der Waals surface area (Å²) in [5, 5.41) is 15.3. The Labute approximate surface area is 179 Å². The summed E-state index contributed by atoms with van der Waals surface area (Å²) in [5.74, 6) is 0.708. The minimum Gasteiger partial charge on any atom is -0.497 e. The molecule has 1 aromatic heterocycles. The van der Waals surface area contributed by atoms with E-state index in [2.05, 4.69) is 10.00 Å². The summed E-state index contributed by atoms with van der Waals surface area (Å²) in [6.45, 7) is 2.46. The predicted molar refractivity (Wildman–Crippen MR) is 116 cm³/mol. The zero-order chi connectivity index (χ0) is 22.0. The summed E-state index contributed by atoms with van der Waals surface area (Å²) < 4.78 is 6.80. The lowest BCUT2D eigenvalue weighted by molar-refractivity contribution is -0.384. The largest absolute Gasteiger partial charge is 0.497 e. The maximum atomic E-state index is 13.1. The molecular weight excluding hydrogens is 398 g/mol. The number of non-ortho nitro benzene ring substituents is 1.